The third kappa shape index (κ3) is 4.42. The van der Waals surface area contributed by atoms with Gasteiger partial charge in [0.05, 0.1) is 22.8 Å². The number of benzene rings is 1. The first-order valence-electron chi connectivity index (χ1n) is 6.04. The number of nitrogens with one attached hydrogen (secondary N) is 1. The molecule has 0 saturated heterocycles. The fourth-order valence-corrected chi connectivity index (χ4v) is 2.11. The van der Waals surface area contributed by atoms with Crippen LogP contribution < -0.4 is 5.32 Å². The maximum atomic E-state index is 13.0. The van der Waals surface area contributed by atoms with Crippen molar-refractivity contribution >= 4 is 29.2 Å². The normalized spacial score (nSPS) is 12.3. The van der Waals surface area contributed by atoms with Crippen LogP contribution in [0.1, 0.15) is 5.56 Å². The standard InChI is InChI=1S/C13H12Cl2FN3O2/c14-9-5-18-19(6-9)7-12(13(20)21)17-4-8-1-2-11(16)10(15)3-8/h1-3,5-6,12,17H,4,7H2,(H,20,21). The van der Waals surface area contributed by atoms with Gasteiger partial charge < -0.3 is 5.11 Å². The number of hydrogen-bond acceptors (Lipinski definition) is 3. The van der Waals surface area contributed by atoms with Crippen LogP contribution in [0.2, 0.25) is 10.0 Å². The van der Waals surface area contributed by atoms with Crippen molar-refractivity contribution in [1.29, 1.82) is 0 Å². The zero-order valence-corrected chi connectivity index (χ0v) is 12.3. The second-order valence-electron chi connectivity index (χ2n) is 4.40. The number of aromatic nitrogens is 2. The maximum Gasteiger partial charge on any atom is 0.322 e. The number of carboxylic acids is 1. The smallest absolute Gasteiger partial charge is 0.322 e. The summed E-state index contributed by atoms with van der Waals surface area (Å²) in [6.45, 7) is 0.364. The van der Waals surface area contributed by atoms with Gasteiger partial charge in [-0.1, -0.05) is 29.3 Å². The van der Waals surface area contributed by atoms with Gasteiger partial charge in [-0.2, -0.15) is 5.10 Å². The molecule has 0 amide bonds. The highest BCUT2D eigenvalue weighted by atomic mass is 35.5. The van der Waals surface area contributed by atoms with Crippen molar-refractivity contribution in [3.8, 4) is 0 Å². The van der Waals surface area contributed by atoms with E-state index in [1.165, 1.54) is 35.3 Å². The van der Waals surface area contributed by atoms with E-state index in [1.54, 1.807) is 0 Å². The van der Waals surface area contributed by atoms with Gasteiger partial charge in [0, 0.05) is 12.7 Å². The van der Waals surface area contributed by atoms with Gasteiger partial charge in [-0.3, -0.25) is 14.8 Å². The first-order chi connectivity index (χ1) is 9.95. The molecule has 1 aromatic heterocycles. The van der Waals surface area contributed by atoms with Gasteiger partial charge in [0.2, 0.25) is 0 Å². The fraction of sp³-hybridized carbons (Fsp3) is 0.231. The Hall–Kier alpha value is -1.63. The minimum absolute atomic E-state index is 0.0000306. The van der Waals surface area contributed by atoms with Crippen molar-refractivity contribution < 1.29 is 14.3 Å². The number of nitrogens with zero attached hydrogens (tertiary/aromatic N) is 2. The topological polar surface area (TPSA) is 67.1 Å². The molecule has 1 atom stereocenters. The van der Waals surface area contributed by atoms with Gasteiger partial charge in [-0.25, -0.2) is 4.39 Å². The summed E-state index contributed by atoms with van der Waals surface area (Å²) < 4.78 is 14.5. The quantitative estimate of drug-likeness (QED) is 0.853. The predicted octanol–water partition coefficient (Wildman–Crippen LogP) is 2.57. The zero-order chi connectivity index (χ0) is 15.4. The first kappa shape index (κ1) is 15.8. The van der Waals surface area contributed by atoms with E-state index in [9.17, 15) is 14.3 Å². The molecule has 0 aliphatic heterocycles. The molecule has 112 valence electrons. The summed E-state index contributed by atoms with van der Waals surface area (Å²) in [4.78, 5) is 11.2. The average molecular weight is 332 g/mol. The monoisotopic (exact) mass is 331 g/mol. The van der Waals surface area contributed by atoms with E-state index in [1.807, 2.05) is 0 Å². The largest absolute Gasteiger partial charge is 0.480 e. The Morgan fingerprint density at radius 3 is 2.81 bits per heavy atom. The molecule has 2 rings (SSSR count). The minimum Gasteiger partial charge on any atom is -0.480 e. The number of rotatable bonds is 6. The SMILES string of the molecule is O=C(O)C(Cn1cc(Cl)cn1)NCc1ccc(F)c(Cl)c1. The van der Waals surface area contributed by atoms with Crippen molar-refractivity contribution in [2.24, 2.45) is 0 Å². The van der Waals surface area contributed by atoms with E-state index in [-0.39, 0.29) is 18.1 Å². The summed E-state index contributed by atoms with van der Waals surface area (Å²) in [5.74, 6) is -1.53. The van der Waals surface area contributed by atoms with E-state index in [2.05, 4.69) is 10.4 Å². The highest BCUT2D eigenvalue weighted by Crippen LogP contribution is 2.16. The molecule has 0 bridgehead atoms. The van der Waals surface area contributed by atoms with Crippen molar-refractivity contribution in [1.82, 2.24) is 15.1 Å². The van der Waals surface area contributed by atoms with Crippen LogP contribution >= 0.6 is 23.2 Å². The fourth-order valence-electron chi connectivity index (χ4n) is 1.75. The van der Waals surface area contributed by atoms with Crippen LogP contribution in [0.5, 0.6) is 0 Å². The predicted molar refractivity (Wildman–Crippen MR) is 76.9 cm³/mol. The lowest BCUT2D eigenvalue weighted by molar-refractivity contribution is -0.140. The van der Waals surface area contributed by atoms with Gasteiger partial charge in [-0.05, 0) is 17.7 Å². The highest BCUT2D eigenvalue weighted by molar-refractivity contribution is 6.30. The average Bonchev–Trinajstić information content (AvgIpc) is 2.83. The van der Waals surface area contributed by atoms with Crippen molar-refractivity contribution in [2.45, 2.75) is 19.1 Å². The van der Waals surface area contributed by atoms with Gasteiger partial charge in [0.15, 0.2) is 0 Å². The lowest BCUT2D eigenvalue weighted by Crippen LogP contribution is -2.39. The summed E-state index contributed by atoms with van der Waals surface area (Å²) in [6, 6.07) is 3.37. The Morgan fingerprint density at radius 1 is 1.48 bits per heavy atom. The van der Waals surface area contributed by atoms with Crippen LogP contribution in [0.3, 0.4) is 0 Å². The Bertz CT molecular complexity index is 648. The number of aliphatic carboxylic acids is 1. The first-order valence-corrected chi connectivity index (χ1v) is 6.79. The van der Waals surface area contributed by atoms with Crippen molar-refractivity contribution in [2.75, 3.05) is 0 Å². The lowest BCUT2D eigenvalue weighted by Gasteiger charge is -2.14. The molecule has 8 heteroatoms. The molecule has 21 heavy (non-hydrogen) atoms. The number of hydrogen-bond donors (Lipinski definition) is 2. The van der Waals surface area contributed by atoms with Crippen molar-refractivity contribution in [3.63, 3.8) is 0 Å². The molecule has 0 aliphatic rings. The number of carbonyl (C=O) groups is 1. The molecule has 5 nitrogen and oxygen atoms in total. The molecule has 0 saturated carbocycles. The number of halogens is 3. The summed E-state index contributed by atoms with van der Waals surface area (Å²) >= 11 is 11.4. The van der Waals surface area contributed by atoms with Crippen LogP contribution in [0, 0.1) is 5.82 Å². The highest BCUT2D eigenvalue weighted by Gasteiger charge is 2.18. The summed E-state index contributed by atoms with van der Waals surface area (Å²) in [5, 5.41) is 16.4. The molecule has 1 unspecified atom stereocenters. The number of carboxylic acid groups (broad SMARTS) is 1. The summed E-state index contributed by atoms with van der Waals surface area (Å²) in [7, 11) is 0. The van der Waals surface area contributed by atoms with Gasteiger partial charge in [-0.15, -0.1) is 0 Å². The molecular formula is C13H12Cl2FN3O2. The van der Waals surface area contributed by atoms with E-state index in [0.29, 0.717) is 10.6 Å². The third-order valence-electron chi connectivity index (χ3n) is 2.81. The molecular weight excluding hydrogens is 320 g/mol. The molecule has 0 aliphatic carbocycles. The third-order valence-corrected chi connectivity index (χ3v) is 3.29. The van der Waals surface area contributed by atoms with Crippen LogP contribution in [-0.4, -0.2) is 26.9 Å². The van der Waals surface area contributed by atoms with E-state index in [4.69, 9.17) is 23.2 Å². The Balaban J connectivity index is 1.99. The molecule has 2 N–H and O–H groups in total. The molecule has 0 fully saturated rings. The second-order valence-corrected chi connectivity index (χ2v) is 5.24. The van der Waals surface area contributed by atoms with Gasteiger partial charge in [0.25, 0.3) is 0 Å². The Labute approximate surface area is 130 Å². The Kier molecular flexibility index (Phi) is 5.17. The van der Waals surface area contributed by atoms with Crippen LogP contribution in [0.25, 0.3) is 0 Å². The van der Waals surface area contributed by atoms with Crippen molar-refractivity contribution in [3.05, 3.63) is 52.0 Å². The van der Waals surface area contributed by atoms with Crippen LogP contribution in [-0.2, 0) is 17.9 Å². The molecule has 0 radical (unpaired) electrons. The zero-order valence-electron chi connectivity index (χ0n) is 10.8. The maximum absolute atomic E-state index is 13.0. The van der Waals surface area contributed by atoms with E-state index in [0.717, 1.165) is 0 Å². The summed E-state index contributed by atoms with van der Waals surface area (Å²) in [5.41, 5.74) is 0.686. The minimum atomic E-state index is -1.02. The molecule has 2 aromatic rings. The van der Waals surface area contributed by atoms with Crippen LogP contribution in [0.15, 0.2) is 30.6 Å². The Morgan fingerprint density at radius 2 is 2.24 bits per heavy atom. The van der Waals surface area contributed by atoms with Gasteiger partial charge >= 0.3 is 5.97 Å². The van der Waals surface area contributed by atoms with Crippen LogP contribution in [0.4, 0.5) is 4.39 Å². The molecule has 1 heterocycles. The second kappa shape index (κ2) is 6.89. The molecule has 0 spiro atoms. The van der Waals surface area contributed by atoms with Gasteiger partial charge in [0.1, 0.15) is 11.9 Å². The molecule has 1 aromatic carbocycles. The lowest BCUT2D eigenvalue weighted by atomic mass is 10.2. The summed E-state index contributed by atoms with van der Waals surface area (Å²) in [6.07, 6.45) is 2.97. The van der Waals surface area contributed by atoms with E-state index < -0.39 is 17.8 Å². The van der Waals surface area contributed by atoms with E-state index >= 15 is 0 Å².